The number of alkyl halides is 3. The maximum Gasteiger partial charge on any atom is 0.401 e. The topological polar surface area (TPSA) is 3.24 Å². The van der Waals surface area contributed by atoms with E-state index in [4.69, 9.17) is 0 Å². The van der Waals surface area contributed by atoms with Gasteiger partial charge < -0.3 is 0 Å². The third-order valence-electron chi connectivity index (χ3n) is 2.92. The van der Waals surface area contributed by atoms with Gasteiger partial charge in [-0.05, 0) is 37.1 Å². The zero-order valence-electron chi connectivity index (χ0n) is 10.6. The molecule has 1 aliphatic carbocycles. The molecule has 0 radical (unpaired) electrons. The Labute approximate surface area is 96.0 Å². The van der Waals surface area contributed by atoms with Crippen molar-refractivity contribution < 1.29 is 13.2 Å². The second-order valence-corrected chi connectivity index (χ2v) is 6.52. The van der Waals surface area contributed by atoms with Gasteiger partial charge in [-0.25, -0.2) is 0 Å². The molecule has 0 aromatic heterocycles. The Kier molecular flexibility index (Phi) is 3.63. The average molecular weight is 237 g/mol. The van der Waals surface area contributed by atoms with Gasteiger partial charge in [0, 0.05) is 6.54 Å². The van der Waals surface area contributed by atoms with Gasteiger partial charge in [0.25, 0.3) is 0 Å². The van der Waals surface area contributed by atoms with Crippen molar-refractivity contribution in [2.75, 3.05) is 20.1 Å². The van der Waals surface area contributed by atoms with E-state index in [0.29, 0.717) is 6.54 Å². The van der Waals surface area contributed by atoms with Gasteiger partial charge >= 0.3 is 6.18 Å². The molecule has 0 aliphatic heterocycles. The van der Waals surface area contributed by atoms with Gasteiger partial charge in [0.05, 0.1) is 6.54 Å². The summed E-state index contributed by atoms with van der Waals surface area (Å²) in [6, 6.07) is 0. The Balaban J connectivity index is 2.42. The van der Waals surface area contributed by atoms with Crippen molar-refractivity contribution in [3.05, 3.63) is 0 Å². The Morgan fingerprint density at radius 3 is 1.94 bits per heavy atom. The summed E-state index contributed by atoms with van der Waals surface area (Å²) in [5.74, 6) is 0. The molecular formula is C12H22F3N. The SMILES string of the molecule is CN(CC(F)(F)F)CC1(CC(C)(C)C)CC1. The lowest BCUT2D eigenvalue weighted by atomic mass is 9.82. The van der Waals surface area contributed by atoms with E-state index >= 15 is 0 Å². The summed E-state index contributed by atoms with van der Waals surface area (Å²) in [6.45, 7) is 6.23. The van der Waals surface area contributed by atoms with Gasteiger partial charge in [0.2, 0.25) is 0 Å². The second kappa shape index (κ2) is 4.21. The van der Waals surface area contributed by atoms with Crippen LogP contribution in [0.1, 0.15) is 40.0 Å². The maximum atomic E-state index is 12.2. The van der Waals surface area contributed by atoms with Crippen LogP contribution in [0.3, 0.4) is 0 Å². The zero-order chi connectivity index (χ0) is 12.6. The Hall–Kier alpha value is -0.250. The molecule has 4 heteroatoms. The van der Waals surface area contributed by atoms with Crippen LogP contribution < -0.4 is 0 Å². The van der Waals surface area contributed by atoms with Gasteiger partial charge in [-0.1, -0.05) is 20.8 Å². The minimum Gasteiger partial charge on any atom is -0.298 e. The summed E-state index contributed by atoms with van der Waals surface area (Å²) < 4.78 is 36.6. The molecule has 16 heavy (non-hydrogen) atoms. The van der Waals surface area contributed by atoms with Crippen molar-refractivity contribution in [2.45, 2.75) is 46.2 Å². The number of hydrogen-bond donors (Lipinski definition) is 0. The monoisotopic (exact) mass is 237 g/mol. The maximum absolute atomic E-state index is 12.2. The first-order chi connectivity index (χ1) is 7.02. The van der Waals surface area contributed by atoms with Crippen molar-refractivity contribution in [3.8, 4) is 0 Å². The van der Waals surface area contributed by atoms with E-state index in [0.717, 1.165) is 19.3 Å². The molecule has 0 unspecified atom stereocenters. The second-order valence-electron chi connectivity index (χ2n) is 6.52. The quantitative estimate of drug-likeness (QED) is 0.720. The van der Waals surface area contributed by atoms with Gasteiger partial charge in [0.1, 0.15) is 0 Å². The van der Waals surface area contributed by atoms with Crippen LogP contribution in [-0.4, -0.2) is 31.2 Å². The van der Waals surface area contributed by atoms with E-state index in [1.54, 1.807) is 7.05 Å². The zero-order valence-corrected chi connectivity index (χ0v) is 10.6. The first-order valence-corrected chi connectivity index (χ1v) is 5.77. The molecule has 0 amide bonds. The van der Waals surface area contributed by atoms with Crippen molar-refractivity contribution in [3.63, 3.8) is 0 Å². The Morgan fingerprint density at radius 1 is 1.12 bits per heavy atom. The summed E-state index contributed by atoms with van der Waals surface area (Å²) >= 11 is 0. The van der Waals surface area contributed by atoms with Crippen molar-refractivity contribution in [2.24, 2.45) is 10.8 Å². The molecule has 1 saturated carbocycles. The van der Waals surface area contributed by atoms with E-state index in [9.17, 15) is 13.2 Å². The molecule has 0 atom stereocenters. The molecule has 0 bridgehead atoms. The van der Waals surface area contributed by atoms with Crippen LogP contribution in [0, 0.1) is 10.8 Å². The normalized spacial score (nSPS) is 20.2. The highest BCUT2D eigenvalue weighted by atomic mass is 19.4. The third-order valence-corrected chi connectivity index (χ3v) is 2.92. The lowest BCUT2D eigenvalue weighted by Gasteiger charge is -2.29. The summed E-state index contributed by atoms with van der Waals surface area (Å²) in [5.41, 5.74) is 0.355. The average Bonchev–Trinajstić information content (AvgIpc) is 2.58. The van der Waals surface area contributed by atoms with Gasteiger partial charge in [-0.2, -0.15) is 13.2 Å². The van der Waals surface area contributed by atoms with E-state index in [-0.39, 0.29) is 10.8 Å². The van der Waals surface area contributed by atoms with Crippen LogP contribution in [0.15, 0.2) is 0 Å². The molecule has 1 fully saturated rings. The molecule has 96 valence electrons. The molecule has 0 heterocycles. The molecule has 0 aromatic rings. The fraction of sp³-hybridized carbons (Fsp3) is 1.00. The minimum absolute atomic E-state index is 0.151. The van der Waals surface area contributed by atoms with Crippen molar-refractivity contribution in [1.29, 1.82) is 0 Å². The van der Waals surface area contributed by atoms with Gasteiger partial charge in [-0.15, -0.1) is 0 Å². The minimum atomic E-state index is -4.08. The molecule has 0 N–H and O–H groups in total. The summed E-state index contributed by atoms with van der Waals surface area (Å²) in [5, 5.41) is 0. The largest absolute Gasteiger partial charge is 0.401 e. The van der Waals surface area contributed by atoms with Crippen LogP contribution in [0.2, 0.25) is 0 Å². The Bertz CT molecular complexity index is 236. The predicted octanol–water partition coefficient (Wildman–Crippen LogP) is 3.70. The Morgan fingerprint density at radius 2 is 1.62 bits per heavy atom. The van der Waals surface area contributed by atoms with Crippen LogP contribution in [0.5, 0.6) is 0 Å². The highest BCUT2D eigenvalue weighted by molar-refractivity contribution is 4.97. The van der Waals surface area contributed by atoms with E-state index in [1.807, 2.05) is 0 Å². The van der Waals surface area contributed by atoms with Gasteiger partial charge in [0.15, 0.2) is 0 Å². The summed E-state index contributed by atoms with van der Waals surface area (Å²) in [7, 11) is 1.57. The number of hydrogen-bond acceptors (Lipinski definition) is 1. The number of rotatable bonds is 4. The van der Waals surface area contributed by atoms with Crippen LogP contribution in [-0.2, 0) is 0 Å². The lowest BCUT2D eigenvalue weighted by molar-refractivity contribution is -0.144. The molecule has 0 aromatic carbocycles. The first kappa shape index (κ1) is 13.8. The highest BCUT2D eigenvalue weighted by Gasteiger charge is 2.46. The van der Waals surface area contributed by atoms with Crippen LogP contribution in [0.25, 0.3) is 0 Å². The molecule has 1 aliphatic rings. The third kappa shape index (κ3) is 5.19. The van der Waals surface area contributed by atoms with Crippen molar-refractivity contribution in [1.82, 2.24) is 4.90 Å². The van der Waals surface area contributed by atoms with Gasteiger partial charge in [-0.3, -0.25) is 4.90 Å². The van der Waals surface area contributed by atoms with E-state index in [1.165, 1.54) is 4.90 Å². The summed E-state index contributed by atoms with van der Waals surface area (Å²) in [6.07, 6.45) is -0.909. The van der Waals surface area contributed by atoms with Crippen molar-refractivity contribution >= 4 is 0 Å². The molecule has 0 spiro atoms. The van der Waals surface area contributed by atoms with Crippen LogP contribution in [0.4, 0.5) is 13.2 Å². The standard InChI is InChI=1S/C12H22F3N/c1-10(2,3)7-11(5-6-11)8-16(4)9-12(13,14)15/h5-9H2,1-4H3. The van der Waals surface area contributed by atoms with Crippen LogP contribution >= 0.6 is 0 Å². The molecular weight excluding hydrogens is 215 g/mol. The fourth-order valence-electron chi connectivity index (χ4n) is 2.63. The smallest absolute Gasteiger partial charge is 0.298 e. The van der Waals surface area contributed by atoms with E-state index < -0.39 is 12.7 Å². The fourth-order valence-corrected chi connectivity index (χ4v) is 2.63. The molecule has 1 nitrogen and oxygen atoms in total. The highest BCUT2D eigenvalue weighted by Crippen LogP contribution is 2.53. The first-order valence-electron chi connectivity index (χ1n) is 5.77. The number of nitrogens with zero attached hydrogens (tertiary/aromatic N) is 1. The molecule has 1 rings (SSSR count). The summed E-state index contributed by atoms with van der Waals surface area (Å²) in [4.78, 5) is 1.42. The number of halogens is 3. The van der Waals surface area contributed by atoms with E-state index in [2.05, 4.69) is 20.8 Å². The lowest BCUT2D eigenvalue weighted by Crippen LogP contribution is -2.36. The predicted molar refractivity (Wildman–Crippen MR) is 59.3 cm³/mol. The molecule has 0 saturated heterocycles.